The van der Waals surface area contributed by atoms with Gasteiger partial charge in [0, 0.05) is 0 Å². The van der Waals surface area contributed by atoms with Crippen molar-refractivity contribution in [1.82, 2.24) is 0 Å². The molecule has 0 aromatic heterocycles. The van der Waals surface area contributed by atoms with Crippen molar-refractivity contribution in [3.8, 4) is 0 Å². The molecule has 1 radical (unpaired) electrons. The highest BCUT2D eigenvalue weighted by atomic mass is 14.7. The summed E-state index contributed by atoms with van der Waals surface area (Å²) in [6, 6.07) is 0. The summed E-state index contributed by atoms with van der Waals surface area (Å²) in [6.45, 7) is 16.8. The first-order valence-corrected chi connectivity index (χ1v) is 10.2. The van der Waals surface area contributed by atoms with Crippen LogP contribution >= 0.6 is 0 Å². The van der Waals surface area contributed by atoms with Crippen molar-refractivity contribution in [2.24, 2.45) is 52.3 Å². The molecule has 0 spiro atoms. The Morgan fingerprint density at radius 3 is 2.13 bits per heavy atom. The highest BCUT2D eigenvalue weighted by molar-refractivity contribution is 6.38. The fourth-order valence-electron chi connectivity index (χ4n) is 7.73. The monoisotopic (exact) mass is 311 g/mol. The van der Waals surface area contributed by atoms with E-state index < -0.39 is 0 Å². The second-order valence-electron chi connectivity index (χ2n) is 10.7. The Hall–Kier alpha value is -0.195. The minimum atomic E-state index is 0.611. The van der Waals surface area contributed by atoms with E-state index in [1.807, 2.05) is 0 Å². The molecule has 6 aliphatic rings. The van der Waals surface area contributed by atoms with Gasteiger partial charge in [0.05, 0.1) is 0 Å². The lowest BCUT2D eigenvalue weighted by Crippen LogP contribution is -2.62. The number of allylic oxidation sites excluding steroid dienone is 1. The van der Waals surface area contributed by atoms with Crippen molar-refractivity contribution in [2.75, 3.05) is 0 Å². The Balaban J connectivity index is 1.58. The van der Waals surface area contributed by atoms with Crippen LogP contribution in [0.2, 0.25) is 12.1 Å². The van der Waals surface area contributed by atoms with Crippen LogP contribution < -0.4 is 0 Å². The van der Waals surface area contributed by atoms with Crippen molar-refractivity contribution in [3.05, 3.63) is 12.7 Å². The Bertz CT molecular complexity index is 490. The SMILES string of the molecule is C=CC[B]C1C[C@@H]2C[C@H](C1C1C[C@@H]3C[C@H](C1C)C3(C)C)C2(C)C. The van der Waals surface area contributed by atoms with E-state index in [4.69, 9.17) is 0 Å². The summed E-state index contributed by atoms with van der Waals surface area (Å²) in [5.41, 5.74) is 1.24. The number of hydrogen-bond donors (Lipinski definition) is 0. The van der Waals surface area contributed by atoms with Crippen LogP contribution in [0.4, 0.5) is 0 Å². The van der Waals surface area contributed by atoms with Crippen LogP contribution in [-0.2, 0) is 0 Å². The molecule has 127 valence electrons. The molecule has 4 bridgehead atoms. The van der Waals surface area contributed by atoms with Gasteiger partial charge in [-0.15, -0.1) is 6.58 Å². The maximum Gasteiger partial charge on any atom is 0.119 e. The smallest absolute Gasteiger partial charge is 0.104 e. The van der Waals surface area contributed by atoms with E-state index in [9.17, 15) is 0 Å². The second-order valence-corrected chi connectivity index (χ2v) is 10.7. The summed E-state index contributed by atoms with van der Waals surface area (Å²) >= 11 is 0. The van der Waals surface area contributed by atoms with E-state index in [0.717, 1.165) is 53.6 Å². The summed E-state index contributed by atoms with van der Waals surface area (Å²) in [7, 11) is 2.64. The molecule has 0 N–H and O–H groups in total. The second kappa shape index (κ2) is 5.15. The van der Waals surface area contributed by atoms with Crippen LogP contribution in [0.1, 0.15) is 60.3 Å². The zero-order valence-electron chi connectivity index (χ0n) is 16.0. The van der Waals surface area contributed by atoms with Gasteiger partial charge in [-0.05, 0) is 71.5 Å². The molecule has 0 nitrogen and oxygen atoms in total. The Labute approximate surface area is 145 Å². The number of rotatable bonds is 4. The molecular formula is C22H36B. The van der Waals surface area contributed by atoms with Crippen LogP contribution in [-0.4, -0.2) is 7.28 Å². The summed E-state index contributed by atoms with van der Waals surface area (Å²) in [6.07, 6.45) is 9.25. The Morgan fingerprint density at radius 2 is 1.57 bits per heavy atom. The fraction of sp³-hybridized carbons (Fsp3) is 0.909. The van der Waals surface area contributed by atoms with E-state index >= 15 is 0 Å². The van der Waals surface area contributed by atoms with Gasteiger partial charge in [-0.1, -0.05) is 59.3 Å². The lowest BCUT2D eigenvalue weighted by Gasteiger charge is -2.69. The molecule has 23 heavy (non-hydrogen) atoms. The largest absolute Gasteiger partial charge is 0.119 e. The topological polar surface area (TPSA) is 0 Å². The maximum absolute atomic E-state index is 3.96. The molecule has 0 aromatic carbocycles. The predicted octanol–water partition coefficient (Wildman–Crippen LogP) is 6.08. The van der Waals surface area contributed by atoms with Gasteiger partial charge in [0.15, 0.2) is 0 Å². The van der Waals surface area contributed by atoms with Crippen LogP contribution in [0.25, 0.3) is 0 Å². The standard InChI is InChI=1S/C22H36B/c1-7-8-23-19-12-15-11-18(22(15,5)6)20(19)16-9-14-10-17(13(16)2)21(14,3)4/h7,13-20H,1,8-12H2,2-6H3/t13?,14-,15+,16?,17-,18-,19?,20?/m1/s1. The van der Waals surface area contributed by atoms with Gasteiger partial charge in [-0.3, -0.25) is 0 Å². The Kier molecular flexibility index (Phi) is 3.65. The highest BCUT2D eigenvalue weighted by Crippen LogP contribution is 2.71. The minimum absolute atomic E-state index is 0.611. The molecule has 0 saturated heterocycles. The van der Waals surface area contributed by atoms with E-state index in [0.29, 0.717) is 10.8 Å². The molecule has 4 unspecified atom stereocenters. The quantitative estimate of drug-likeness (QED) is 0.436. The van der Waals surface area contributed by atoms with Crippen LogP contribution in [0.3, 0.4) is 0 Å². The molecule has 8 atom stereocenters. The third-order valence-electron chi connectivity index (χ3n) is 9.57. The third-order valence-corrected chi connectivity index (χ3v) is 9.57. The fourth-order valence-corrected chi connectivity index (χ4v) is 7.73. The van der Waals surface area contributed by atoms with Crippen molar-refractivity contribution in [1.29, 1.82) is 0 Å². The third kappa shape index (κ3) is 2.10. The molecule has 6 rings (SSSR count). The van der Waals surface area contributed by atoms with E-state index in [-0.39, 0.29) is 0 Å². The van der Waals surface area contributed by atoms with Gasteiger partial charge in [-0.25, -0.2) is 0 Å². The number of hydrogen-bond acceptors (Lipinski definition) is 0. The molecule has 0 aromatic rings. The normalized spacial score (nSPS) is 52.0. The average molecular weight is 311 g/mol. The van der Waals surface area contributed by atoms with Crippen LogP contribution in [0.15, 0.2) is 12.7 Å². The molecule has 1 heteroatoms. The Morgan fingerprint density at radius 1 is 0.957 bits per heavy atom. The van der Waals surface area contributed by atoms with E-state index in [1.54, 1.807) is 0 Å². The van der Waals surface area contributed by atoms with Crippen molar-refractivity contribution < 1.29 is 0 Å². The highest BCUT2D eigenvalue weighted by Gasteiger charge is 2.63. The predicted molar refractivity (Wildman–Crippen MR) is 101 cm³/mol. The lowest BCUT2D eigenvalue weighted by molar-refractivity contribution is -0.186. The van der Waals surface area contributed by atoms with Crippen molar-refractivity contribution in [3.63, 3.8) is 0 Å². The van der Waals surface area contributed by atoms with Gasteiger partial charge < -0.3 is 0 Å². The first kappa shape index (κ1) is 16.3. The lowest BCUT2D eigenvalue weighted by atomic mass is 9.32. The van der Waals surface area contributed by atoms with Gasteiger partial charge in [-0.2, -0.15) is 0 Å². The van der Waals surface area contributed by atoms with Crippen LogP contribution in [0, 0.1) is 52.3 Å². The zero-order chi connectivity index (χ0) is 16.6. The van der Waals surface area contributed by atoms with Gasteiger partial charge in [0.2, 0.25) is 0 Å². The van der Waals surface area contributed by atoms with E-state index in [1.165, 1.54) is 25.7 Å². The molecule has 6 aliphatic carbocycles. The summed E-state index contributed by atoms with van der Waals surface area (Å²) in [5, 5.41) is 0. The van der Waals surface area contributed by atoms with Crippen LogP contribution in [0.5, 0.6) is 0 Å². The number of fused-ring (bicyclic) bond motifs is 5. The van der Waals surface area contributed by atoms with E-state index in [2.05, 4.69) is 54.6 Å². The van der Waals surface area contributed by atoms with Crippen molar-refractivity contribution >= 4 is 7.28 Å². The average Bonchev–Trinajstić information content (AvgIpc) is 2.52. The van der Waals surface area contributed by atoms with Crippen molar-refractivity contribution in [2.45, 2.75) is 72.4 Å². The molecule has 0 heterocycles. The first-order chi connectivity index (χ1) is 10.8. The van der Waals surface area contributed by atoms with Gasteiger partial charge >= 0.3 is 0 Å². The van der Waals surface area contributed by atoms with Gasteiger partial charge in [0.1, 0.15) is 7.28 Å². The molecule has 6 fully saturated rings. The summed E-state index contributed by atoms with van der Waals surface area (Å²) in [4.78, 5) is 0. The summed E-state index contributed by atoms with van der Waals surface area (Å²) < 4.78 is 0. The first-order valence-electron chi connectivity index (χ1n) is 10.2. The molecular weight excluding hydrogens is 275 g/mol. The zero-order valence-corrected chi connectivity index (χ0v) is 16.0. The molecule has 0 amide bonds. The molecule has 0 aliphatic heterocycles. The maximum atomic E-state index is 3.96. The molecule has 6 saturated carbocycles. The minimum Gasteiger partial charge on any atom is -0.104 e. The van der Waals surface area contributed by atoms with Gasteiger partial charge in [0.25, 0.3) is 0 Å². The summed E-state index contributed by atoms with van der Waals surface area (Å²) in [5.74, 6) is 7.74.